The molecule has 3 heteroatoms. The molecule has 2 aromatic carbocycles. The first kappa shape index (κ1) is 17.4. The van der Waals surface area contributed by atoms with Gasteiger partial charge in [-0.05, 0) is 66.1 Å². The van der Waals surface area contributed by atoms with E-state index in [2.05, 4.69) is 31.2 Å². The van der Waals surface area contributed by atoms with Gasteiger partial charge >= 0.3 is 0 Å². The van der Waals surface area contributed by atoms with Gasteiger partial charge < -0.3 is 14.6 Å². The number of aryl methyl sites for hydroxylation is 1. The summed E-state index contributed by atoms with van der Waals surface area (Å²) >= 11 is 0. The van der Waals surface area contributed by atoms with Crippen molar-refractivity contribution in [1.82, 2.24) is 0 Å². The minimum Gasteiger partial charge on any atom is -0.497 e. The van der Waals surface area contributed by atoms with Crippen LogP contribution in [-0.2, 0) is 12.8 Å². The molecule has 0 spiro atoms. The molecule has 0 amide bonds. The van der Waals surface area contributed by atoms with E-state index in [9.17, 15) is 5.11 Å². The average Bonchev–Trinajstić information content (AvgIpc) is 2.61. The van der Waals surface area contributed by atoms with E-state index in [-0.39, 0.29) is 6.61 Å². The molecule has 0 saturated heterocycles. The van der Waals surface area contributed by atoms with Crippen LogP contribution >= 0.6 is 0 Å². The summed E-state index contributed by atoms with van der Waals surface area (Å²) in [5, 5.41) is 9.44. The molecule has 2 aromatic rings. The third-order valence-corrected chi connectivity index (χ3v) is 4.33. The monoisotopic (exact) mass is 314 g/mol. The molecule has 0 aliphatic heterocycles. The first-order chi connectivity index (χ1) is 11.2. The van der Waals surface area contributed by atoms with Crippen LogP contribution in [-0.4, -0.2) is 25.9 Å². The zero-order valence-corrected chi connectivity index (χ0v) is 14.2. The van der Waals surface area contributed by atoms with Gasteiger partial charge in [-0.1, -0.05) is 25.1 Å². The maximum atomic E-state index is 9.44. The molecule has 0 heterocycles. The number of hydrogen-bond donors (Lipinski definition) is 1. The van der Waals surface area contributed by atoms with Crippen LogP contribution in [0, 0.1) is 0 Å². The molecule has 0 aliphatic carbocycles. The molecule has 0 bridgehead atoms. The van der Waals surface area contributed by atoms with Crippen molar-refractivity contribution in [3.8, 4) is 11.5 Å². The molecule has 0 aromatic heterocycles. The summed E-state index contributed by atoms with van der Waals surface area (Å²) < 4.78 is 10.5. The van der Waals surface area contributed by atoms with Crippen LogP contribution in [0.3, 0.4) is 0 Å². The largest absolute Gasteiger partial charge is 0.497 e. The molecule has 0 fully saturated rings. The molecule has 124 valence electrons. The molecule has 1 atom stereocenters. The second-order valence-corrected chi connectivity index (χ2v) is 5.67. The minimum absolute atomic E-state index is 0.189. The van der Waals surface area contributed by atoms with Crippen molar-refractivity contribution < 1.29 is 14.6 Å². The Hall–Kier alpha value is -2.00. The van der Waals surface area contributed by atoms with Gasteiger partial charge in [-0.25, -0.2) is 0 Å². The maximum Gasteiger partial charge on any atom is 0.119 e. The molecular formula is C20H26O3. The average molecular weight is 314 g/mol. The van der Waals surface area contributed by atoms with Crippen LogP contribution in [0.2, 0.25) is 0 Å². The van der Waals surface area contributed by atoms with E-state index < -0.39 is 0 Å². The van der Waals surface area contributed by atoms with E-state index in [0.717, 1.165) is 30.8 Å². The molecule has 3 nitrogen and oxygen atoms in total. The second kappa shape index (κ2) is 8.59. The summed E-state index contributed by atoms with van der Waals surface area (Å²) in [6.07, 6.45) is 2.64. The zero-order chi connectivity index (χ0) is 16.7. The van der Waals surface area contributed by atoms with E-state index in [1.54, 1.807) is 14.2 Å². The number of rotatable bonds is 8. The highest BCUT2D eigenvalue weighted by Gasteiger charge is 2.14. The maximum absolute atomic E-state index is 9.44. The van der Waals surface area contributed by atoms with Gasteiger partial charge in [0, 0.05) is 6.61 Å². The Bertz CT molecular complexity index is 605. The van der Waals surface area contributed by atoms with Crippen molar-refractivity contribution in [3.63, 3.8) is 0 Å². The highest BCUT2D eigenvalue weighted by molar-refractivity contribution is 5.38. The molecular weight excluding hydrogens is 288 g/mol. The molecule has 0 aliphatic rings. The number of hydrogen-bond acceptors (Lipinski definition) is 3. The molecule has 0 radical (unpaired) electrons. The third kappa shape index (κ3) is 4.49. The lowest BCUT2D eigenvalue weighted by molar-refractivity contribution is 0.275. The van der Waals surface area contributed by atoms with E-state index in [1.165, 1.54) is 16.7 Å². The van der Waals surface area contributed by atoms with E-state index in [0.29, 0.717) is 5.92 Å². The van der Waals surface area contributed by atoms with Gasteiger partial charge in [-0.15, -0.1) is 0 Å². The summed E-state index contributed by atoms with van der Waals surface area (Å²) in [6, 6.07) is 14.4. The van der Waals surface area contributed by atoms with E-state index in [1.807, 2.05) is 18.2 Å². The number of methoxy groups -OCH3 is 2. The van der Waals surface area contributed by atoms with Gasteiger partial charge in [0.1, 0.15) is 11.5 Å². The lowest BCUT2D eigenvalue weighted by atomic mass is 9.87. The Morgan fingerprint density at radius 3 is 2.13 bits per heavy atom. The van der Waals surface area contributed by atoms with Gasteiger partial charge in [-0.2, -0.15) is 0 Å². The number of benzene rings is 2. The van der Waals surface area contributed by atoms with Crippen LogP contribution in [0.5, 0.6) is 11.5 Å². The van der Waals surface area contributed by atoms with Gasteiger partial charge in [0.2, 0.25) is 0 Å². The number of aliphatic hydroxyl groups excluding tert-OH is 1. The second-order valence-electron chi connectivity index (χ2n) is 5.67. The summed E-state index contributed by atoms with van der Waals surface area (Å²) in [7, 11) is 3.37. The highest BCUT2D eigenvalue weighted by atomic mass is 16.5. The lowest BCUT2D eigenvalue weighted by Crippen LogP contribution is -2.07. The van der Waals surface area contributed by atoms with Crippen LogP contribution in [0.15, 0.2) is 42.5 Å². The van der Waals surface area contributed by atoms with Crippen molar-refractivity contribution in [2.45, 2.75) is 32.1 Å². The topological polar surface area (TPSA) is 38.7 Å². The Morgan fingerprint density at radius 2 is 1.57 bits per heavy atom. The fraction of sp³-hybridized carbons (Fsp3) is 0.400. The van der Waals surface area contributed by atoms with Crippen LogP contribution < -0.4 is 9.47 Å². The van der Waals surface area contributed by atoms with Gasteiger partial charge in [0.05, 0.1) is 14.2 Å². The third-order valence-electron chi connectivity index (χ3n) is 4.33. The van der Waals surface area contributed by atoms with E-state index >= 15 is 0 Å². The van der Waals surface area contributed by atoms with Crippen LogP contribution in [0.4, 0.5) is 0 Å². The Kier molecular flexibility index (Phi) is 6.48. The first-order valence-corrected chi connectivity index (χ1v) is 8.12. The van der Waals surface area contributed by atoms with Gasteiger partial charge in [0.15, 0.2) is 0 Å². The summed E-state index contributed by atoms with van der Waals surface area (Å²) in [6.45, 7) is 2.35. The van der Waals surface area contributed by atoms with Crippen molar-refractivity contribution in [2.24, 2.45) is 0 Å². The zero-order valence-electron chi connectivity index (χ0n) is 14.2. The Morgan fingerprint density at radius 1 is 0.913 bits per heavy atom. The molecule has 0 unspecified atom stereocenters. The van der Waals surface area contributed by atoms with Crippen LogP contribution in [0.25, 0.3) is 0 Å². The van der Waals surface area contributed by atoms with Crippen LogP contribution in [0.1, 0.15) is 36.0 Å². The lowest BCUT2D eigenvalue weighted by Gasteiger charge is -2.19. The predicted octanol–water partition coefficient (Wildman–Crippen LogP) is 3.97. The van der Waals surface area contributed by atoms with E-state index in [4.69, 9.17) is 9.47 Å². The number of ether oxygens (including phenoxy) is 2. The summed E-state index contributed by atoms with van der Waals surface area (Å²) in [5.41, 5.74) is 3.86. The van der Waals surface area contributed by atoms with Crippen molar-refractivity contribution in [3.05, 3.63) is 59.2 Å². The van der Waals surface area contributed by atoms with Gasteiger partial charge in [-0.3, -0.25) is 0 Å². The molecule has 2 rings (SSSR count). The molecule has 1 N–H and O–H groups in total. The predicted molar refractivity (Wildman–Crippen MR) is 93.5 cm³/mol. The smallest absolute Gasteiger partial charge is 0.119 e. The standard InChI is InChI=1S/C20H26O3/c1-4-15-14-20(23-3)10-7-17(15)13-18(11-12-21)16-5-8-19(22-2)9-6-16/h5-10,14,18,21H,4,11-13H2,1-3H3/t18-/m1/s1. The van der Waals surface area contributed by atoms with Crippen molar-refractivity contribution >= 4 is 0 Å². The Labute approximate surface area is 138 Å². The summed E-state index contributed by atoms with van der Waals surface area (Å²) in [5.74, 6) is 2.05. The highest BCUT2D eigenvalue weighted by Crippen LogP contribution is 2.29. The summed E-state index contributed by atoms with van der Waals surface area (Å²) in [4.78, 5) is 0. The normalized spacial score (nSPS) is 12.0. The fourth-order valence-electron chi connectivity index (χ4n) is 2.94. The Balaban J connectivity index is 2.24. The molecule has 0 saturated carbocycles. The van der Waals surface area contributed by atoms with Crippen molar-refractivity contribution in [1.29, 1.82) is 0 Å². The fourth-order valence-corrected chi connectivity index (χ4v) is 2.94. The molecule has 23 heavy (non-hydrogen) atoms. The SMILES string of the molecule is CCc1cc(OC)ccc1C[C@@H](CCO)c1ccc(OC)cc1. The minimum atomic E-state index is 0.189. The number of aliphatic hydroxyl groups is 1. The quantitative estimate of drug-likeness (QED) is 0.801. The van der Waals surface area contributed by atoms with Gasteiger partial charge in [0.25, 0.3) is 0 Å². The van der Waals surface area contributed by atoms with Crippen molar-refractivity contribution in [2.75, 3.05) is 20.8 Å². The first-order valence-electron chi connectivity index (χ1n) is 8.12.